The third kappa shape index (κ3) is 4.87. The number of rotatable bonds is 7. The maximum Gasteiger partial charge on any atom is 0.251 e. The van der Waals surface area contributed by atoms with Crippen molar-refractivity contribution in [2.24, 2.45) is 5.92 Å². The molecule has 0 aromatic heterocycles. The lowest BCUT2D eigenvalue weighted by Crippen LogP contribution is -2.31. The van der Waals surface area contributed by atoms with Gasteiger partial charge in [-0.2, -0.15) is 0 Å². The molecule has 2 N–H and O–H groups in total. The summed E-state index contributed by atoms with van der Waals surface area (Å²) >= 11 is 0. The zero-order valence-corrected chi connectivity index (χ0v) is 12.1. The van der Waals surface area contributed by atoms with Crippen LogP contribution in [0.2, 0.25) is 0 Å². The summed E-state index contributed by atoms with van der Waals surface area (Å²) in [6, 6.07) is 8.12. The van der Waals surface area contributed by atoms with Gasteiger partial charge < -0.3 is 10.6 Å². The predicted octanol–water partition coefficient (Wildman–Crippen LogP) is 2.74. The third-order valence-corrected chi connectivity index (χ3v) is 3.44. The lowest BCUT2D eigenvalue weighted by Gasteiger charge is -2.20. The van der Waals surface area contributed by atoms with E-state index in [2.05, 4.69) is 31.1 Å². The molecule has 0 aliphatic carbocycles. The van der Waals surface area contributed by atoms with Gasteiger partial charge in [-0.25, -0.2) is 0 Å². The van der Waals surface area contributed by atoms with Gasteiger partial charge in [0.2, 0.25) is 0 Å². The van der Waals surface area contributed by atoms with E-state index in [1.54, 1.807) is 7.05 Å². The molecule has 1 amide bonds. The summed E-state index contributed by atoms with van der Waals surface area (Å²) in [4.78, 5) is 11.6. The van der Waals surface area contributed by atoms with Crippen LogP contribution in [-0.2, 0) is 6.54 Å². The molecule has 0 aliphatic heterocycles. The first-order valence-electron chi connectivity index (χ1n) is 6.73. The van der Waals surface area contributed by atoms with Gasteiger partial charge in [0.1, 0.15) is 0 Å². The molecule has 0 unspecified atom stereocenters. The van der Waals surface area contributed by atoms with Crippen molar-refractivity contribution >= 4 is 5.91 Å². The Bertz CT molecular complexity index is 429. The Morgan fingerprint density at radius 1 is 1.42 bits per heavy atom. The lowest BCUT2D eigenvalue weighted by molar-refractivity contribution is 0.0963. The van der Waals surface area contributed by atoms with E-state index in [0.717, 1.165) is 18.5 Å². The summed E-state index contributed by atoms with van der Waals surface area (Å²) in [5.74, 6) is 0.509. The zero-order valence-electron chi connectivity index (χ0n) is 12.1. The molecule has 0 radical (unpaired) electrons. The maximum absolute atomic E-state index is 11.6. The first-order valence-corrected chi connectivity index (χ1v) is 6.73. The molecular formula is C16H24N2O. The number of amides is 1. The molecule has 0 saturated carbocycles. The van der Waals surface area contributed by atoms with Crippen molar-refractivity contribution in [2.45, 2.75) is 32.9 Å². The summed E-state index contributed by atoms with van der Waals surface area (Å²) in [7, 11) is 1.65. The number of hydrogen-bond donors (Lipinski definition) is 2. The van der Waals surface area contributed by atoms with Crippen LogP contribution in [0.15, 0.2) is 36.9 Å². The third-order valence-electron chi connectivity index (χ3n) is 3.44. The molecule has 0 saturated heterocycles. The minimum Gasteiger partial charge on any atom is -0.355 e. The van der Waals surface area contributed by atoms with Gasteiger partial charge in [0, 0.05) is 25.2 Å². The average molecular weight is 260 g/mol. The fourth-order valence-electron chi connectivity index (χ4n) is 1.91. The Kier molecular flexibility index (Phi) is 6.30. The molecule has 1 aromatic rings. The molecule has 3 nitrogen and oxygen atoms in total. The first-order chi connectivity index (χ1) is 9.08. The highest BCUT2D eigenvalue weighted by atomic mass is 16.1. The van der Waals surface area contributed by atoms with Crippen LogP contribution in [0.4, 0.5) is 0 Å². The Morgan fingerprint density at radius 3 is 2.79 bits per heavy atom. The van der Waals surface area contributed by atoms with Crippen LogP contribution >= 0.6 is 0 Å². The Hall–Kier alpha value is -1.61. The quantitative estimate of drug-likeness (QED) is 0.740. The van der Waals surface area contributed by atoms with E-state index in [1.807, 2.05) is 30.3 Å². The minimum absolute atomic E-state index is 0.0464. The fraction of sp³-hybridized carbons (Fsp3) is 0.438. The molecule has 0 bridgehead atoms. The van der Waals surface area contributed by atoms with E-state index in [-0.39, 0.29) is 5.91 Å². The molecule has 19 heavy (non-hydrogen) atoms. The monoisotopic (exact) mass is 260 g/mol. The molecule has 0 heterocycles. The molecule has 1 aromatic carbocycles. The Labute approximate surface area is 116 Å². The smallest absolute Gasteiger partial charge is 0.251 e. The standard InChI is InChI=1S/C16H24N2O/c1-5-7-12(2)13(3)18-11-14-8-6-9-15(10-14)16(19)17-4/h5-6,8-10,12-13,18H,1,7,11H2,2-4H3,(H,17,19)/t12-,13-/m0/s1. The number of benzene rings is 1. The van der Waals surface area contributed by atoms with Gasteiger partial charge in [-0.1, -0.05) is 25.1 Å². The zero-order chi connectivity index (χ0) is 14.3. The van der Waals surface area contributed by atoms with E-state index >= 15 is 0 Å². The summed E-state index contributed by atoms with van der Waals surface area (Å²) in [5.41, 5.74) is 1.83. The van der Waals surface area contributed by atoms with Crippen LogP contribution in [0, 0.1) is 5.92 Å². The van der Waals surface area contributed by atoms with Crippen molar-refractivity contribution in [1.29, 1.82) is 0 Å². The normalized spacial score (nSPS) is 13.6. The minimum atomic E-state index is -0.0464. The van der Waals surface area contributed by atoms with Gasteiger partial charge in [-0.05, 0) is 37.0 Å². The van der Waals surface area contributed by atoms with Gasteiger partial charge in [0.25, 0.3) is 5.91 Å². The molecule has 2 atom stereocenters. The van der Waals surface area contributed by atoms with Gasteiger partial charge in [0.05, 0.1) is 0 Å². The van der Waals surface area contributed by atoms with Crippen molar-refractivity contribution in [3.8, 4) is 0 Å². The highest BCUT2D eigenvalue weighted by Crippen LogP contribution is 2.10. The van der Waals surface area contributed by atoms with E-state index in [1.165, 1.54) is 0 Å². The highest BCUT2D eigenvalue weighted by Gasteiger charge is 2.10. The van der Waals surface area contributed by atoms with E-state index in [4.69, 9.17) is 0 Å². The van der Waals surface area contributed by atoms with Gasteiger partial charge in [-0.3, -0.25) is 4.79 Å². The molecule has 0 aliphatic rings. The number of carbonyl (C=O) groups is 1. The van der Waals surface area contributed by atoms with Crippen LogP contribution in [0.5, 0.6) is 0 Å². The molecule has 3 heteroatoms. The summed E-state index contributed by atoms with van der Waals surface area (Å²) in [6.07, 6.45) is 2.96. The van der Waals surface area contributed by atoms with E-state index in [9.17, 15) is 4.79 Å². The number of nitrogens with one attached hydrogen (secondary N) is 2. The van der Waals surface area contributed by atoms with Gasteiger partial charge in [0.15, 0.2) is 0 Å². The average Bonchev–Trinajstić information content (AvgIpc) is 2.44. The molecule has 104 valence electrons. The number of allylic oxidation sites excluding steroid dienone is 1. The number of carbonyl (C=O) groups excluding carboxylic acids is 1. The summed E-state index contributed by atoms with van der Waals surface area (Å²) in [5, 5.41) is 6.13. The Balaban J connectivity index is 2.58. The van der Waals surface area contributed by atoms with Crippen LogP contribution < -0.4 is 10.6 Å². The Morgan fingerprint density at radius 2 is 2.16 bits per heavy atom. The van der Waals surface area contributed by atoms with Crippen LogP contribution in [-0.4, -0.2) is 19.0 Å². The maximum atomic E-state index is 11.6. The van der Waals surface area contributed by atoms with Crippen LogP contribution in [0.1, 0.15) is 36.2 Å². The number of hydrogen-bond acceptors (Lipinski definition) is 2. The van der Waals surface area contributed by atoms with Gasteiger partial charge in [-0.15, -0.1) is 6.58 Å². The lowest BCUT2D eigenvalue weighted by atomic mass is 9.99. The van der Waals surface area contributed by atoms with Crippen molar-refractivity contribution in [1.82, 2.24) is 10.6 Å². The van der Waals surface area contributed by atoms with Crippen molar-refractivity contribution in [3.63, 3.8) is 0 Å². The second-order valence-electron chi connectivity index (χ2n) is 4.95. The molecule has 1 rings (SSSR count). The van der Waals surface area contributed by atoms with Crippen LogP contribution in [0.25, 0.3) is 0 Å². The van der Waals surface area contributed by atoms with Crippen molar-refractivity contribution in [2.75, 3.05) is 7.05 Å². The highest BCUT2D eigenvalue weighted by molar-refractivity contribution is 5.94. The summed E-state index contributed by atoms with van der Waals surface area (Å²) in [6.45, 7) is 8.93. The van der Waals surface area contributed by atoms with Gasteiger partial charge >= 0.3 is 0 Å². The summed E-state index contributed by atoms with van der Waals surface area (Å²) < 4.78 is 0. The van der Waals surface area contributed by atoms with Crippen LogP contribution in [0.3, 0.4) is 0 Å². The fourth-order valence-corrected chi connectivity index (χ4v) is 1.91. The topological polar surface area (TPSA) is 41.1 Å². The second-order valence-corrected chi connectivity index (χ2v) is 4.95. The largest absolute Gasteiger partial charge is 0.355 e. The SMILES string of the molecule is C=CC[C@H](C)[C@H](C)NCc1cccc(C(=O)NC)c1. The first kappa shape index (κ1) is 15.4. The second kappa shape index (κ2) is 7.74. The van der Waals surface area contributed by atoms with Crippen molar-refractivity contribution < 1.29 is 4.79 Å². The molecular weight excluding hydrogens is 236 g/mol. The predicted molar refractivity (Wildman–Crippen MR) is 80.1 cm³/mol. The van der Waals surface area contributed by atoms with Crippen molar-refractivity contribution in [3.05, 3.63) is 48.0 Å². The van der Waals surface area contributed by atoms with E-state index < -0.39 is 0 Å². The van der Waals surface area contributed by atoms with E-state index in [0.29, 0.717) is 17.5 Å². The molecule has 0 spiro atoms. The molecule has 0 fully saturated rings.